The number of piperazine rings is 1. The van der Waals surface area contributed by atoms with E-state index in [2.05, 4.69) is 21.7 Å². The molecule has 0 radical (unpaired) electrons. The Morgan fingerprint density at radius 3 is 2.54 bits per heavy atom. The summed E-state index contributed by atoms with van der Waals surface area (Å²) in [6.45, 7) is 5.83. The van der Waals surface area contributed by atoms with Crippen molar-refractivity contribution >= 4 is 32.9 Å². The summed E-state index contributed by atoms with van der Waals surface area (Å²) in [6, 6.07) is 8.61. The van der Waals surface area contributed by atoms with Crippen LogP contribution in [-0.4, -0.2) is 45.6 Å². The largest absolute Gasteiger partial charge is 0.369 e. The Kier molecular flexibility index (Phi) is 5.10. The van der Waals surface area contributed by atoms with E-state index < -0.39 is 0 Å². The van der Waals surface area contributed by atoms with E-state index in [-0.39, 0.29) is 16.2 Å². The second-order valence-electron chi connectivity index (χ2n) is 6.82. The van der Waals surface area contributed by atoms with Gasteiger partial charge in [0, 0.05) is 48.9 Å². The molecule has 3 heterocycles. The second-order valence-corrected chi connectivity index (χ2v) is 7.94. The number of fused-ring (bicyclic) bond motifs is 1. The van der Waals surface area contributed by atoms with Crippen LogP contribution in [-0.2, 0) is 13.1 Å². The fraction of sp³-hybridized carbons (Fsp3) is 0.368. The molecule has 0 spiro atoms. The molecule has 1 aliphatic heterocycles. The second kappa shape index (κ2) is 7.69. The minimum atomic E-state index is -0.388. The van der Waals surface area contributed by atoms with Gasteiger partial charge in [-0.15, -0.1) is 11.3 Å². The van der Waals surface area contributed by atoms with Gasteiger partial charge < -0.3 is 4.90 Å². The molecule has 3 aromatic rings. The van der Waals surface area contributed by atoms with Gasteiger partial charge in [0.05, 0.1) is 17.0 Å². The number of nitro benzene ring substituents is 1. The van der Waals surface area contributed by atoms with Crippen molar-refractivity contribution in [3.05, 3.63) is 62.0 Å². The smallest absolute Gasteiger partial charge is 0.269 e. The van der Waals surface area contributed by atoms with Crippen molar-refractivity contribution in [2.75, 3.05) is 31.1 Å². The van der Waals surface area contributed by atoms with Crippen molar-refractivity contribution in [1.82, 2.24) is 14.5 Å². The molecular weight excluding hydrogens is 378 g/mol. The number of thiophene rings is 1. The zero-order chi connectivity index (χ0) is 19.7. The average molecular weight is 399 g/mol. The highest BCUT2D eigenvalue weighted by molar-refractivity contribution is 7.18. The highest BCUT2D eigenvalue weighted by atomic mass is 32.1. The standard InChI is InChI=1S/C19H21N5O3S/c1-2-16-11-17-18(28-16)20-12-23(19(17)25)13-21-7-9-22(10-8-21)14-3-5-15(6-4-14)24(26)27/h3-6,11-12H,2,7-10,13H2,1H3. The van der Waals surface area contributed by atoms with E-state index in [9.17, 15) is 14.9 Å². The van der Waals surface area contributed by atoms with E-state index in [4.69, 9.17) is 0 Å². The minimum Gasteiger partial charge on any atom is -0.369 e. The minimum absolute atomic E-state index is 0.0127. The van der Waals surface area contributed by atoms with Crippen molar-refractivity contribution in [3.63, 3.8) is 0 Å². The number of hydrogen-bond donors (Lipinski definition) is 0. The van der Waals surface area contributed by atoms with Crippen LogP contribution < -0.4 is 10.5 Å². The molecule has 0 amide bonds. The number of nitrogens with zero attached hydrogens (tertiary/aromatic N) is 5. The number of hydrogen-bond acceptors (Lipinski definition) is 7. The van der Waals surface area contributed by atoms with Gasteiger partial charge in [-0.2, -0.15) is 0 Å². The molecule has 1 saturated heterocycles. The highest BCUT2D eigenvalue weighted by Crippen LogP contribution is 2.22. The van der Waals surface area contributed by atoms with E-state index in [1.54, 1.807) is 34.4 Å². The van der Waals surface area contributed by atoms with Gasteiger partial charge in [-0.3, -0.25) is 24.4 Å². The lowest BCUT2D eigenvalue weighted by molar-refractivity contribution is -0.384. The van der Waals surface area contributed by atoms with Crippen LogP contribution >= 0.6 is 11.3 Å². The van der Waals surface area contributed by atoms with Crippen LogP contribution in [0, 0.1) is 10.1 Å². The number of benzene rings is 1. The summed E-state index contributed by atoms with van der Waals surface area (Å²) in [5.41, 5.74) is 1.10. The Labute approximate surface area is 165 Å². The maximum Gasteiger partial charge on any atom is 0.269 e. The maximum atomic E-state index is 12.7. The summed E-state index contributed by atoms with van der Waals surface area (Å²) in [5, 5.41) is 11.5. The normalized spacial score (nSPS) is 15.2. The first-order chi connectivity index (χ1) is 13.5. The molecule has 0 atom stereocenters. The molecule has 2 aromatic heterocycles. The summed E-state index contributed by atoms with van der Waals surface area (Å²) in [4.78, 5) is 34.0. The van der Waals surface area contributed by atoms with Crippen molar-refractivity contribution in [1.29, 1.82) is 0 Å². The van der Waals surface area contributed by atoms with E-state index in [0.717, 1.165) is 43.1 Å². The monoisotopic (exact) mass is 399 g/mol. The van der Waals surface area contributed by atoms with Gasteiger partial charge in [0.2, 0.25) is 0 Å². The number of aromatic nitrogens is 2. The number of rotatable bonds is 5. The molecule has 0 bridgehead atoms. The van der Waals surface area contributed by atoms with Gasteiger partial charge in [-0.25, -0.2) is 4.98 Å². The average Bonchev–Trinajstić information content (AvgIpc) is 3.15. The molecular formula is C19H21N5O3S. The molecule has 1 fully saturated rings. The molecule has 1 aromatic carbocycles. The molecule has 0 unspecified atom stereocenters. The molecule has 0 N–H and O–H groups in total. The third kappa shape index (κ3) is 3.63. The Morgan fingerprint density at radius 2 is 1.89 bits per heavy atom. The first kappa shape index (κ1) is 18.6. The lowest BCUT2D eigenvalue weighted by Crippen LogP contribution is -2.47. The molecule has 28 heavy (non-hydrogen) atoms. The van der Waals surface area contributed by atoms with Gasteiger partial charge in [-0.05, 0) is 24.6 Å². The number of anilines is 1. The highest BCUT2D eigenvalue weighted by Gasteiger charge is 2.19. The van der Waals surface area contributed by atoms with E-state index in [1.807, 2.05) is 6.07 Å². The molecule has 0 saturated carbocycles. The molecule has 146 valence electrons. The summed E-state index contributed by atoms with van der Waals surface area (Å²) in [7, 11) is 0. The zero-order valence-electron chi connectivity index (χ0n) is 15.6. The summed E-state index contributed by atoms with van der Waals surface area (Å²) < 4.78 is 1.68. The third-order valence-corrected chi connectivity index (χ3v) is 6.26. The molecule has 8 nitrogen and oxygen atoms in total. The predicted octanol–water partition coefficient (Wildman–Crippen LogP) is 2.71. The van der Waals surface area contributed by atoms with Crippen molar-refractivity contribution in [3.8, 4) is 0 Å². The van der Waals surface area contributed by atoms with Crippen molar-refractivity contribution in [2.24, 2.45) is 0 Å². The number of aryl methyl sites for hydroxylation is 1. The first-order valence-corrected chi connectivity index (χ1v) is 10.1. The Morgan fingerprint density at radius 1 is 1.18 bits per heavy atom. The van der Waals surface area contributed by atoms with Gasteiger partial charge in [0.25, 0.3) is 11.2 Å². The van der Waals surface area contributed by atoms with Crippen LogP contribution in [0.3, 0.4) is 0 Å². The van der Waals surface area contributed by atoms with Crippen LogP contribution in [0.4, 0.5) is 11.4 Å². The Hall–Kier alpha value is -2.78. The van der Waals surface area contributed by atoms with Gasteiger partial charge in [0.15, 0.2) is 0 Å². The number of nitro groups is 1. The molecule has 9 heteroatoms. The van der Waals surface area contributed by atoms with Gasteiger partial charge >= 0.3 is 0 Å². The van der Waals surface area contributed by atoms with E-state index >= 15 is 0 Å². The Bertz CT molecular complexity index is 1050. The number of non-ortho nitro benzene ring substituents is 1. The van der Waals surface area contributed by atoms with Crippen LogP contribution in [0.25, 0.3) is 10.2 Å². The summed E-state index contributed by atoms with van der Waals surface area (Å²) in [6.07, 6.45) is 2.55. The van der Waals surface area contributed by atoms with Crippen LogP contribution in [0.2, 0.25) is 0 Å². The lowest BCUT2D eigenvalue weighted by atomic mass is 10.2. The van der Waals surface area contributed by atoms with Crippen molar-refractivity contribution in [2.45, 2.75) is 20.0 Å². The fourth-order valence-corrected chi connectivity index (χ4v) is 4.36. The molecule has 1 aliphatic rings. The van der Waals surface area contributed by atoms with Crippen LogP contribution in [0.5, 0.6) is 0 Å². The third-order valence-electron chi connectivity index (χ3n) is 5.07. The lowest BCUT2D eigenvalue weighted by Gasteiger charge is -2.36. The quantitative estimate of drug-likeness (QED) is 0.484. The molecule has 0 aliphatic carbocycles. The summed E-state index contributed by atoms with van der Waals surface area (Å²) >= 11 is 1.58. The topological polar surface area (TPSA) is 84.5 Å². The van der Waals surface area contributed by atoms with Crippen molar-refractivity contribution < 1.29 is 4.92 Å². The fourth-order valence-electron chi connectivity index (χ4n) is 3.43. The van der Waals surface area contributed by atoms with Crippen LogP contribution in [0.15, 0.2) is 41.5 Å². The SMILES string of the molecule is CCc1cc2c(=O)n(CN3CCN(c4ccc([N+](=O)[O-])cc4)CC3)cnc2s1. The van der Waals surface area contributed by atoms with Gasteiger partial charge in [0.1, 0.15) is 11.2 Å². The summed E-state index contributed by atoms with van der Waals surface area (Å²) in [5.74, 6) is 0. The van der Waals surface area contributed by atoms with Crippen LogP contribution in [0.1, 0.15) is 11.8 Å². The Balaban J connectivity index is 1.41. The van der Waals surface area contributed by atoms with E-state index in [0.29, 0.717) is 12.1 Å². The van der Waals surface area contributed by atoms with Gasteiger partial charge in [-0.1, -0.05) is 6.92 Å². The maximum absolute atomic E-state index is 12.7. The predicted molar refractivity (Wildman–Crippen MR) is 110 cm³/mol. The first-order valence-electron chi connectivity index (χ1n) is 9.25. The van der Waals surface area contributed by atoms with E-state index in [1.165, 1.54) is 17.0 Å². The zero-order valence-corrected chi connectivity index (χ0v) is 16.4. The molecule has 4 rings (SSSR count).